The predicted molar refractivity (Wildman–Crippen MR) is 57.7 cm³/mol. The molecule has 1 saturated carbocycles. The molecular formula is C11H21NO3. The average Bonchev–Trinajstić information content (AvgIpc) is 2.22. The highest BCUT2D eigenvalue weighted by Crippen LogP contribution is 2.21. The smallest absolute Gasteiger partial charge is 0.332 e. The minimum atomic E-state index is -0.246. The molecule has 0 unspecified atom stereocenters. The molecule has 88 valence electrons. The summed E-state index contributed by atoms with van der Waals surface area (Å²) in [5, 5.41) is 3.42. The molecule has 0 amide bonds. The molecule has 1 rings (SSSR count). The second-order valence-corrected chi connectivity index (χ2v) is 3.95. The highest BCUT2D eigenvalue weighted by molar-refractivity contribution is 5.70. The maximum atomic E-state index is 11.2. The van der Waals surface area contributed by atoms with Crippen molar-refractivity contribution < 1.29 is 14.3 Å². The summed E-state index contributed by atoms with van der Waals surface area (Å²) in [6, 6.07) is 0.604. The monoisotopic (exact) mass is 215 g/mol. The average molecular weight is 215 g/mol. The van der Waals surface area contributed by atoms with Gasteiger partial charge in [-0.3, -0.25) is 0 Å². The second kappa shape index (κ2) is 6.80. The van der Waals surface area contributed by atoms with Gasteiger partial charge in [0, 0.05) is 13.2 Å². The van der Waals surface area contributed by atoms with Crippen molar-refractivity contribution in [3.63, 3.8) is 0 Å². The van der Waals surface area contributed by atoms with Gasteiger partial charge in [-0.25, -0.2) is 4.79 Å². The Kier molecular flexibility index (Phi) is 5.65. The van der Waals surface area contributed by atoms with Gasteiger partial charge in [0.1, 0.15) is 12.7 Å². The Labute approximate surface area is 91.3 Å². The molecular weight excluding hydrogens is 194 g/mol. The van der Waals surface area contributed by atoms with Crippen LogP contribution in [0.2, 0.25) is 0 Å². The molecule has 4 nitrogen and oxygen atoms in total. The molecule has 0 bridgehead atoms. The van der Waals surface area contributed by atoms with Gasteiger partial charge in [0.25, 0.3) is 0 Å². The van der Waals surface area contributed by atoms with Crippen LogP contribution in [0.4, 0.5) is 0 Å². The summed E-state index contributed by atoms with van der Waals surface area (Å²) in [5.74, 6) is -0.246. The van der Waals surface area contributed by atoms with E-state index in [1.807, 2.05) is 0 Å². The van der Waals surface area contributed by atoms with Gasteiger partial charge in [0.05, 0.1) is 0 Å². The molecule has 1 fully saturated rings. The molecule has 0 saturated heterocycles. The Morgan fingerprint density at radius 1 is 1.33 bits per heavy atom. The molecule has 1 aliphatic rings. The Balaban J connectivity index is 2.16. The zero-order valence-electron chi connectivity index (χ0n) is 9.62. The van der Waals surface area contributed by atoms with E-state index in [2.05, 4.69) is 12.2 Å². The molecule has 1 aliphatic carbocycles. The van der Waals surface area contributed by atoms with Crippen LogP contribution < -0.4 is 5.32 Å². The van der Waals surface area contributed by atoms with Crippen LogP contribution in [0.15, 0.2) is 0 Å². The molecule has 0 aromatic carbocycles. The van der Waals surface area contributed by atoms with Gasteiger partial charge >= 0.3 is 5.97 Å². The van der Waals surface area contributed by atoms with Crippen molar-refractivity contribution in [2.24, 2.45) is 0 Å². The Morgan fingerprint density at radius 2 is 2.00 bits per heavy atom. The van der Waals surface area contributed by atoms with Crippen molar-refractivity contribution in [2.75, 3.05) is 20.3 Å². The van der Waals surface area contributed by atoms with E-state index in [0.29, 0.717) is 6.04 Å². The Bertz CT molecular complexity index is 188. The molecule has 0 heterocycles. The van der Waals surface area contributed by atoms with E-state index in [1.54, 1.807) is 0 Å². The van der Waals surface area contributed by atoms with Gasteiger partial charge in [-0.05, 0) is 32.2 Å². The van der Waals surface area contributed by atoms with E-state index in [-0.39, 0.29) is 18.7 Å². The molecule has 0 atom stereocenters. The summed E-state index contributed by atoms with van der Waals surface area (Å²) >= 11 is 0. The first-order chi connectivity index (χ1) is 7.26. The van der Waals surface area contributed by atoms with Crippen molar-refractivity contribution >= 4 is 5.97 Å². The molecule has 4 heteroatoms. The van der Waals surface area contributed by atoms with Gasteiger partial charge < -0.3 is 14.8 Å². The zero-order chi connectivity index (χ0) is 11.1. The lowest BCUT2D eigenvalue weighted by molar-refractivity contribution is -0.155. The fraction of sp³-hybridized carbons (Fsp3) is 0.909. The molecule has 0 radical (unpaired) electrons. The lowest BCUT2D eigenvalue weighted by Gasteiger charge is -2.28. The summed E-state index contributed by atoms with van der Waals surface area (Å²) in [7, 11) is 1.50. The third-order valence-electron chi connectivity index (χ3n) is 2.73. The van der Waals surface area contributed by atoms with Crippen LogP contribution in [0.3, 0.4) is 0 Å². The van der Waals surface area contributed by atoms with Crippen LogP contribution in [0.1, 0.15) is 32.6 Å². The van der Waals surface area contributed by atoms with E-state index >= 15 is 0 Å². The number of ether oxygens (including phenoxy) is 2. The summed E-state index contributed by atoms with van der Waals surface area (Å²) in [4.78, 5) is 11.2. The molecule has 0 aliphatic heterocycles. The van der Waals surface area contributed by atoms with E-state index in [1.165, 1.54) is 7.11 Å². The van der Waals surface area contributed by atoms with Crippen LogP contribution in [-0.4, -0.2) is 38.4 Å². The molecule has 0 aromatic heterocycles. The van der Waals surface area contributed by atoms with Crippen LogP contribution >= 0.6 is 0 Å². The number of carbonyl (C=O) groups excluding carboxylic acids is 1. The topological polar surface area (TPSA) is 47.6 Å². The first-order valence-corrected chi connectivity index (χ1v) is 5.68. The number of methoxy groups -OCH3 is 1. The molecule has 1 N–H and O–H groups in total. The predicted octanol–water partition coefficient (Wildman–Crippen LogP) is 1.10. The maximum absolute atomic E-state index is 11.2. The third kappa shape index (κ3) is 4.62. The van der Waals surface area contributed by atoms with Gasteiger partial charge in [0.2, 0.25) is 0 Å². The van der Waals surface area contributed by atoms with Gasteiger partial charge in [0.15, 0.2) is 0 Å². The van der Waals surface area contributed by atoms with E-state index in [4.69, 9.17) is 9.47 Å². The van der Waals surface area contributed by atoms with Crippen molar-refractivity contribution in [2.45, 2.75) is 44.8 Å². The summed E-state index contributed by atoms with van der Waals surface area (Å²) in [5.41, 5.74) is 0. The van der Waals surface area contributed by atoms with Gasteiger partial charge in [-0.1, -0.05) is 6.92 Å². The molecule has 0 aromatic rings. The highest BCUT2D eigenvalue weighted by Gasteiger charge is 2.22. The number of esters is 1. The van der Waals surface area contributed by atoms with Crippen molar-refractivity contribution in [3.05, 3.63) is 0 Å². The number of hydrogen-bond donors (Lipinski definition) is 1. The quantitative estimate of drug-likeness (QED) is 0.698. The fourth-order valence-corrected chi connectivity index (χ4v) is 2.01. The van der Waals surface area contributed by atoms with Crippen molar-refractivity contribution in [3.8, 4) is 0 Å². The van der Waals surface area contributed by atoms with E-state index < -0.39 is 0 Å². The second-order valence-electron chi connectivity index (χ2n) is 3.95. The van der Waals surface area contributed by atoms with Gasteiger partial charge in [-0.2, -0.15) is 0 Å². The van der Waals surface area contributed by atoms with E-state index in [9.17, 15) is 4.79 Å². The van der Waals surface area contributed by atoms with E-state index in [0.717, 1.165) is 32.2 Å². The van der Waals surface area contributed by atoms with Crippen molar-refractivity contribution in [1.29, 1.82) is 0 Å². The molecule has 15 heavy (non-hydrogen) atoms. The summed E-state index contributed by atoms with van der Waals surface area (Å²) < 4.78 is 9.98. The summed E-state index contributed by atoms with van der Waals surface area (Å²) in [6.45, 7) is 3.19. The molecule has 0 spiro atoms. The summed E-state index contributed by atoms with van der Waals surface area (Å²) in [6.07, 6.45) is 4.22. The lowest BCUT2D eigenvalue weighted by atomic mass is 9.93. The third-order valence-corrected chi connectivity index (χ3v) is 2.73. The van der Waals surface area contributed by atoms with Crippen LogP contribution in [0.25, 0.3) is 0 Å². The number of rotatable bonds is 5. The number of hydrogen-bond acceptors (Lipinski definition) is 4. The van der Waals surface area contributed by atoms with Gasteiger partial charge in [-0.15, -0.1) is 0 Å². The zero-order valence-corrected chi connectivity index (χ0v) is 9.62. The standard InChI is InChI=1S/C11H21NO3/c1-3-12-9-4-6-10(7-5-9)15-11(13)8-14-2/h9-10,12H,3-8H2,1-2H3/t9-,10-. The Morgan fingerprint density at radius 3 is 2.53 bits per heavy atom. The normalized spacial score (nSPS) is 26.3. The van der Waals surface area contributed by atoms with Crippen LogP contribution in [0, 0.1) is 0 Å². The highest BCUT2D eigenvalue weighted by atomic mass is 16.6. The van der Waals surface area contributed by atoms with Crippen LogP contribution in [-0.2, 0) is 14.3 Å². The first-order valence-electron chi connectivity index (χ1n) is 5.68. The number of nitrogens with one attached hydrogen (secondary N) is 1. The SMILES string of the molecule is CCN[C@H]1CC[C@H](OC(=O)COC)CC1. The lowest BCUT2D eigenvalue weighted by Crippen LogP contribution is -2.36. The van der Waals surface area contributed by atoms with Crippen molar-refractivity contribution in [1.82, 2.24) is 5.32 Å². The first kappa shape index (κ1) is 12.5. The largest absolute Gasteiger partial charge is 0.461 e. The Hall–Kier alpha value is -0.610. The minimum absolute atomic E-state index is 0.0626. The maximum Gasteiger partial charge on any atom is 0.332 e. The fourth-order valence-electron chi connectivity index (χ4n) is 2.01. The number of carbonyl (C=O) groups is 1. The van der Waals surface area contributed by atoms with Crippen LogP contribution in [0.5, 0.6) is 0 Å². The minimum Gasteiger partial charge on any atom is -0.461 e.